The highest BCUT2D eigenvalue weighted by Gasteiger charge is 2.54. The molecule has 96 valence electrons. The van der Waals surface area contributed by atoms with E-state index in [-0.39, 0.29) is 17.5 Å². The third-order valence-corrected chi connectivity index (χ3v) is 4.02. The van der Waals surface area contributed by atoms with Gasteiger partial charge in [0.1, 0.15) is 0 Å². The minimum Gasteiger partial charge on any atom is -0.493 e. The maximum atomic E-state index is 14.3. The summed E-state index contributed by atoms with van der Waals surface area (Å²) in [6.07, 6.45) is 3.12. The highest BCUT2D eigenvalue weighted by atomic mass is 19.1. The van der Waals surface area contributed by atoms with E-state index in [9.17, 15) is 14.3 Å². The van der Waals surface area contributed by atoms with Crippen LogP contribution < -0.4 is 4.74 Å². The Balaban J connectivity index is 2.10. The van der Waals surface area contributed by atoms with Crippen LogP contribution in [0.15, 0.2) is 12.1 Å². The smallest absolute Gasteiger partial charge is 0.314 e. The lowest BCUT2D eigenvalue weighted by atomic mass is 9.92. The largest absolute Gasteiger partial charge is 0.493 e. The van der Waals surface area contributed by atoms with Crippen molar-refractivity contribution in [1.29, 1.82) is 0 Å². The summed E-state index contributed by atoms with van der Waals surface area (Å²) in [5, 5.41) is 9.28. The number of hydrogen-bond donors (Lipinski definition) is 1. The van der Waals surface area contributed by atoms with Crippen molar-refractivity contribution in [2.75, 3.05) is 7.11 Å². The summed E-state index contributed by atoms with van der Waals surface area (Å²) in [6, 6.07) is 3.46. The van der Waals surface area contributed by atoms with Gasteiger partial charge in [0.2, 0.25) is 0 Å². The topological polar surface area (TPSA) is 46.5 Å². The molecule has 1 aromatic rings. The molecule has 0 bridgehead atoms. The van der Waals surface area contributed by atoms with E-state index >= 15 is 0 Å². The fourth-order valence-electron chi connectivity index (χ4n) is 2.58. The molecule has 0 heterocycles. The van der Waals surface area contributed by atoms with Crippen molar-refractivity contribution in [1.82, 2.24) is 0 Å². The van der Waals surface area contributed by atoms with Gasteiger partial charge in [-0.05, 0) is 37.2 Å². The molecule has 0 aromatic heterocycles. The van der Waals surface area contributed by atoms with Crippen LogP contribution in [-0.4, -0.2) is 18.2 Å². The SMILES string of the molecule is COc1c(C2(C(=O)O)CC2)ccc(C2CC2)c1F. The molecule has 2 aliphatic carbocycles. The lowest BCUT2D eigenvalue weighted by molar-refractivity contribution is -0.140. The Kier molecular flexibility index (Phi) is 2.37. The van der Waals surface area contributed by atoms with Crippen LogP contribution in [0.25, 0.3) is 0 Å². The first-order chi connectivity index (χ1) is 8.60. The minimum atomic E-state index is -0.922. The number of hydrogen-bond acceptors (Lipinski definition) is 2. The Hall–Kier alpha value is -1.58. The molecule has 1 aromatic carbocycles. The van der Waals surface area contributed by atoms with E-state index in [0.29, 0.717) is 24.0 Å². The molecule has 0 radical (unpaired) electrons. The summed E-state index contributed by atoms with van der Waals surface area (Å²) in [4.78, 5) is 11.3. The van der Waals surface area contributed by atoms with Crippen molar-refractivity contribution in [3.05, 3.63) is 29.1 Å². The van der Waals surface area contributed by atoms with E-state index in [1.165, 1.54) is 7.11 Å². The Morgan fingerprint density at radius 2 is 2.11 bits per heavy atom. The normalized spacial score (nSPS) is 20.6. The van der Waals surface area contributed by atoms with E-state index in [0.717, 1.165) is 12.8 Å². The zero-order chi connectivity index (χ0) is 12.9. The third-order valence-electron chi connectivity index (χ3n) is 4.02. The number of benzene rings is 1. The predicted molar refractivity (Wildman–Crippen MR) is 63.5 cm³/mol. The number of carboxylic acids is 1. The fourth-order valence-corrected chi connectivity index (χ4v) is 2.58. The third kappa shape index (κ3) is 1.51. The molecule has 3 rings (SSSR count). The van der Waals surface area contributed by atoms with Crippen LogP contribution in [0.1, 0.15) is 42.7 Å². The standard InChI is InChI=1S/C14H15FO3/c1-18-12-10(14(6-7-14)13(16)17)5-4-9(11(12)15)8-2-3-8/h4-5,8H,2-3,6-7H2,1H3,(H,16,17). The Morgan fingerprint density at radius 1 is 1.44 bits per heavy atom. The van der Waals surface area contributed by atoms with Gasteiger partial charge in [0, 0.05) is 5.56 Å². The summed E-state index contributed by atoms with van der Waals surface area (Å²) in [5.74, 6) is -0.850. The molecule has 0 spiro atoms. The van der Waals surface area contributed by atoms with Crippen LogP contribution in [-0.2, 0) is 10.2 Å². The van der Waals surface area contributed by atoms with Gasteiger partial charge in [0.15, 0.2) is 11.6 Å². The van der Waals surface area contributed by atoms with E-state index in [2.05, 4.69) is 0 Å². The first-order valence-corrected chi connectivity index (χ1v) is 6.20. The molecule has 2 aliphatic rings. The van der Waals surface area contributed by atoms with Crippen molar-refractivity contribution in [3.8, 4) is 5.75 Å². The van der Waals surface area contributed by atoms with E-state index in [1.807, 2.05) is 0 Å². The van der Waals surface area contributed by atoms with Gasteiger partial charge < -0.3 is 9.84 Å². The van der Waals surface area contributed by atoms with Crippen LogP contribution in [0.5, 0.6) is 5.75 Å². The lowest BCUT2D eigenvalue weighted by Crippen LogP contribution is -2.21. The van der Waals surface area contributed by atoms with Gasteiger partial charge in [-0.15, -0.1) is 0 Å². The molecule has 0 atom stereocenters. The van der Waals surface area contributed by atoms with Gasteiger partial charge in [0.05, 0.1) is 12.5 Å². The van der Waals surface area contributed by atoms with Crippen LogP contribution in [0, 0.1) is 5.82 Å². The molecule has 0 unspecified atom stereocenters. The van der Waals surface area contributed by atoms with E-state index in [4.69, 9.17) is 4.74 Å². The molecule has 3 nitrogen and oxygen atoms in total. The highest BCUT2D eigenvalue weighted by molar-refractivity contribution is 5.86. The second-order valence-electron chi connectivity index (χ2n) is 5.21. The van der Waals surface area contributed by atoms with Crippen molar-refractivity contribution in [3.63, 3.8) is 0 Å². The number of carbonyl (C=O) groups is 1. The maximum absolute atomic E-state index is 14.3. The zero-order valence-corrected chi connectivity index (χ0v) is 10.2. The first-order valence-electron chi connectivity index (χ1n) is 6.20. The summed E-state index contributed by atoms with van der Waals surface area (Å²) in [7, 11) is 1.40. The lowest BCUT2D eigenvalue weighted by Gasteiger charge is -2.17. The molecule has 0 saturated heterocycles. The van der Waals surface area contributed by atoms with Gasteiger partial charge in [-0.3, -0.25) is 4.79 Å². The minimum absolute atomic E-state index is 0.124. The second kappa shape index (κ2) is 3.70. The van der Waals surface area contributed by atoms with E-state index < -0.39 is 11.4 Å². The average Bonchev–Trinajstić information content (AvgIpc) is 3.21. The Labute approximate surface area is 105 Å². The quantitative estimate of drug-likeness (QED) is 0.893. The number of methoxy groups -OCH3 is 1. The molecule has 2 fully saturated rings. The molecular weight excluding hydrogens is 235 g/mol. The predicted octanol–water partition coefficient (Wildman–Crippen LogP) is 2.83. The zero-order valence-electron chi connectivity index (χ0n) is 10.2. The summed E-state index contributed by atoms with van der Waals surface area (Å²) in [5.41, 5.74) is 0.227. The average molecular weight is 250 g/mol. The first kappa shape index (κ1) is 11.5. The van der Waals surface area contributed by atoms with Crippen LogP contribution >= 0.6 is 0 Å². The summed E-state index contributed by atoms with van der Waals surface area (Å²) < 4.78 is 19.5. The molecule has 18 heavy (non-hydrogen) atoms. The number of halogens is 1. The molecule has 1 N–H and O–H groups in total. The van der Waals surface area contributed by atoms with Gasteiger partial charge in [-0.1, -0.05) is 12.1 Å². The summed E-state index contributed by atoms with van der Waals surface area (Å²) in [6.45, 7) is 0. The van der Waals surface area contributed by atoms with Crippen LogP contribution in [0.3, 0.4) is 0 Å². The second-order valence-corrected chi connectivity index (χ2v) is 5.21. The van der Waals surface area contributed by atoms with Gasteiger partial charge in [0.25, 0.3) is 0 Å². The van der Waals surface area contributed by atoms with Gasteiger partial charge in [-0.2, -0.15) is 0 Å². The van der Waals surface area contributed by atoms with Gasteiger partial charge >= 0.3 is 5.97 Å². The van der Waals surface area contributed by atoms with Crippen molar-refractivity contribution in [2.24, 2.45) is 0 Å². The molecule has 2 saturated carbocycles. The van der Waals surface area contributed by atoms with E-state index in [1.54, 1.807) is 12.1 Å². The molecular formula is C14H15FO3. The summed E-state index contributed by atoms with van der Waals surface area (Å²) >= 11 is 0. The van der Waals surface area contributed by atoms with Crippen molar-refractivity contribution in [2.45, 2.75) is 37.0 Å². The molecule has 4 heteroatoms. The number of aliphatic carboxylic acids is 1. The Morgan fingerprint density at radius 3 is 2.56 bits per heavy atom. The van der Waals surface area contributed by atoms with Crippen molar-refractivity contribution < 1.29 is 19.0 Å². The molecule has 0 amide bonds. The monoisotopic (exact) mass is 250 g/mol. The maximum Gasteiger partial charge on any atom is 0.314 e. The van der Waals surface area contributed by atoms with Crippen LogP contribution in [0.4, 0.5) is 4.39 Å². The number of ether oxygens (including phenoxy) is 1. The van der Waals surface area contributed by atoms with Gasteiger partial charge in [-0.25, -0.2) is 4.39 Å². The van der Waals surface area contributed by atoms with Crippen LogP contribution in [0.2, 0.25) is 0 Å². The highest BCUT2D eigenvalue weighted by Crippen LogP contribution is 2.53. The molecule has 0 aliphatic heterocycles. The fraction of sp³-hybridized carbons (Fsp3) is 0.500. The Bertz CT molecular complexity index is 516. The number of rotatable bonds is 4. The number of carboxylic acid groups (broad SMARTS) is 1. The van der Waals surface area contributed by atoms with Crippen molar-refractivity contribution >= 4 is 5.97 Å².